The van der Waals surface area contributed by atoms with E-state index in [4.69, 9.17) is 0 Å². The van der Waals surface area contributed by atoms with Crippen molar-refractivity contribution >= 4 is 39.4 Å². The molecule has 0 atom stereocenters. The summed E-state index contributed by atoms with van der Waals surface area (Å²) in [5, 5.41) is 5.60. The number of aromatic nitrogens is 4. The van der Waals surface area contributed by atoms with Crippen LogP contribution in [0.2, 0.25) is 0 Å². The molecule has 1 aliphatic rings. The number of halogens is 1. The summed E-state index contributed by atoms with van der Waals surface area (Å²) in [5.41, 5.74) is 2.23. The molecule has 1 aliphatic heterocycles. The minimum absolute atomic E-state index is 0.204. The molecule has 0 N–H and O–H groups in total. The van der Waals surface area contributed by atoms with E-state index in [0.29, 0.717) is 6.54 Å². The van der Waals surface area contributed by atoms with Crippen LogP contribution in [0.15, 0.2) is 30.7 Å². The van der Waals surface area contributed by atoms with Crippen molar-refractivity contribution in [3.63, 3.8) is 0 Å². The normalized spacial score (nSPS) is 16.0. The molecule has 0 saturated carbocycles. The molecular weight excluding hydrogens is 443 g/mol. The van der Waals surface area contributed by atoms with E-state index >= 15 is 0 Å². The molecule has 3 heterocycles. The summed E-state index contributed by atoms with van der Waals surface area (Å²) >= 11 is 2.38. The van der Waals surface area contributed by atoms with Crippen LogP contribution in [0.25, 0.3) is 22.3 Å². The first kappa shape index (κ1) is 17.5. The van der Waals surface area contributed by atoms with Crippen molar-refractivity contribution < 1.29 is 4.79 Å². The number of carbonyl (C=O) groups excluding carboxylic acids is 1. The van der Waals surface area contributed by atoms with Crippen molar-refractivity contribution in [3.8, 4) is 11.4 Å². The molecule has 1 saturated heterocycles. The Balaban J connectivity index is 1.54. The predicted molar refractivity (Wildman–Crippen MR) is 109 cm³/mol. The lowest BCUT2D eigenvalue weighted by molar-refractivity contribution is -0.134. The molecular formula is C18H21IN6O. The van der Waals surface area contributed by atoms with Crippen LogP contribution >= 0.6 is 22.6 Å². The first-order valence-corrected chi connectivity index (χ1v) is 9.70. The average molecular weight is 464 g/mol. The summed E-state index contributed by atoms with van der Waals surface area (Å²) in [7, 11) is 3.74. The van der Waals surface area contributed by atoms with Crippen LogP contribution in [0.3, 0.4) is 0 Å². The fourth-order valence-electron chi connectivity index (χ4n) is 3.30. The van der Waals surface area contributed by atoms with Gasteiger partial charge in [0.2, 0.25) is 5.91 Å². The zero-order valence-corrected chi connectivity index (χ0v) is 17.0. The summed E-state index contributed by atoms with van der Waals surface area (Å²) in [6.07, 6.45) is 3.89. The standard InChI is InChI=1S/C18H21IN6O/c1-22-5-6-24(11-17(22)26)7-8-25-10-15(19)14-9-13(3-4-16(14)25)18-20-12-23(2)21-18/h3-4,9-10,12H,5-8,11H2,1-2H3. The highest BCUT2D eigenvalue weighted by Crippen LogP contribution is 2.27. The Morgan fingerprint density at radius 2 is 2.04 bits per heavy atom. The van der Waals surface area contributed by atoms with Crippen LogP contribution in [0.1, 0.15) is 0 Å². The smallest absolute Gasteiger partial charge is 0.236 e. The van der Waals surface area contributed by atoms with Crippen molar-refractivity contribution in [2.24, 2.45) is 7.05 Å². The molecule has 1 amide bonds. The molecule has 0 radical (unpaired) electrons. The number of likely N-dealkylation sites (N-methyl/N-ethyl adjacent to an activating group) is 1. The van der Waals surface area contributed by atoms with Gasteiger partial charge in [-0.2, -0.15) is 5.10 Å². The monoisotopic (exact) mass is 464 g/mol. The van der Waals surface area contributed by atoms with E-state index in [1.807, 2.05) is 14.1 Å². The number of nitrogens with zero attached hydrogens (tertiary/aromatic N) is 6. The second-order valence-corrected chi connectivity index (χ2v) is 7.90. The van der Waals surface area contributed by atoms with Crippen molar-refractivity contribution in [2.75, 3.05) is 33.2 Å². The van der Waals surface area contributed by atoms with Crippen LogP contribution < -0.4 is 0 Å². The quantitative estimate of drug-likeness (QED) is 0.553. The van der Waals surface area contributed by atoms with Gasteiger partial charge in [0.1, 0.15) is 6.33 Å². The van der Waals surface area contributed by atoms with Gasteiger partial charge in [-0.25, -0.2) is 4.98 Å². The molecule has 136 valence electrons. The molecule has 0 unspecified atom stereocenters. The lowest BCUT2D eigenvalue weighted by Crippen LogP contribution is -2.49. The third-order valence-electron chi connectivity index (χ3n) is 4.88. The van der Waals surface area contributed by atoms with Gasteiger partial charge in [-0.05, 0) is 40.8 Å². The molecule has 0 aliphatic carbocycles. The van der Waals surface area contributed by atoms with Gasteiger partial charge in [-0.3, -0.25) is 14.4 Å². The number of amides is 1. The number of benzene rings is 1. The van der Waals surface area contributed by atoms with Crippen LogP contribution in [-0.4, -0.2) is 68.3 Å². The highest BCUT2D eigenvalue weighted by atomic mass is 127. The lowest BCUT2D eigenvalue weighted by atomic mass is 10.1. The number of carbonyl (C=O) groups is 1. The van der Waals surface area contributed by atoms with Crippen molar-refractivity contribution in [2.45, 2.75) is 6.54 Å². The summed E-state index contributed by atoms with van der Waals surface area (Å²) in [4.78, 5) is 20.2. The van der Waals surface area contributed by atoms with Gasteiger partial charge < -0.3 is 9.47 Å². The first-order valence-electron chi connectivity index (χ1n) is 8.62. The van der Waals surface area contributed by atoms with Gasteiger partial charge >= 0.3 is 0 Å². The molecule has 2 aromatic heterocycles. The molecule has 8 heteroatoms. The van der Waals surface area contributed by atoms with Gasteiger partial charge in [0, 0.05) is 66.5 Å². The maximum absolute atomic E-state index is 11.9. The number of hydrogen-bond donors (Lipinski definition) is 0. The molecule has 1 aromatic carbocycles. The molecule has 3 aromatic rings. The van der Waals surface area contributed by atoms with Gasteiger partial charge in [-0.1, -0.05) is 0 Å². The molecule has 0 bridgehead atoms. The Kier molecular flexibility index (Phi) is 4.70. The van der Waals surface area contributed by atoms with E-state index < -0.39 is 0 Å². The van der Waals surface area contributed by atoms with Gasteiger partial charge in [0.25, 0.3) is 0 Å². The van der Waals surface area contributed by atoms with Crippen LogP contribution in [0.4, 0.5) is 0 Å². The van der Waals surface area contributed by atoms with Crippen LogP contribution in [-0.2, 0) is 18.4 Å². The maximum Gasteiger partial charge on any atom is 0.236 e. The van der Waals surface area contributed by atoms with E-state index in [-0.39, 0.29) is 5.91 Å². The summed E-state index contributed by atoms with van der Waals surface area (Å²) in [6.45, 7) is 4.01. The Labute approximate surface area is 165 Å². The summed E-state index contributed by atoms with van der Waals surface area (Å²) in [5.74, 6) is 0.949. The maximum atomic E-state index is 11.9. The molecule has 26 heavy (non-hydrogen) atoms. The SMILES string of the molecule is CN1CCN(CCn2cc(I)c3cc(-c4ncn(C)n4)ccc32)CC1=O. The first-order chi connectivity index (χ1) is 12.5. The minimum atomic E-state index is 0.204. The van der Waals surface area contributed by atoms with Crippen molar-refractivity contribution in [1.82, 2.24) is 29.1 Å². The lowest BCUT2D eigenvalue weighted by Gasteiger charge is -2.31. The van der Waals surface area contributed by atoms with Crippen molar-refractivity contribution in [3.05, 3.63) is 34.3 Å². The molecule has 4 rings (SSSR count). The van der Waals surface area contributed by atoms with Gasteiger partial charge in [0.05, 0.1) is 6.54 Å². The number of fused-ring (bicyclic) bond motifs is 1. The van der Waals surface area contributed by atoms with E-state index in [9.17, 15) is 4.79 Å². The zero-order valence-electron chi connectivity index (χ0n) is 14.9. The summed E-state index contributed by atoms with van der Waals surface area (Å²) in [6, 6.07) is 6.37. The van der Waals surface area contributed by atoms with E-state index in [1.54, 1.807) is 15.9 Å². The summed E-state index contributed by atoms with van der Waals surface area (Å²) < 4.78 is 5.20. The number of aryl methyl sites for hydroxylation is 1. The number of piperazine rings is 1. The topological polar surface area (TPSA) is 59.2 Å². The second-order valence-electron chi connectivity index (χ2n) is 6.74. The van der Waals surface area contributed by atoms with Gasteiger partial charge in [0.15, 0.2) is 5.82 Å². The third-order valence-corrected chi connectivity index (χ3v) is 5.74. The van der Waals surface area contributed by atoms with E-state index in [2.05, 4.69) is 66.5 Å². The van der Waals surface area contributed by atoms with Crippen LogP contribution in [0.5, 0.6) is 0 Å². The fourth-order valence-corrected chi connectivity index (χ4v) is 4.06. The van der Waals surface area contributed by atoms with Crippen molar-refractivity contribution in [1.29, 1.82) is 0 Å². The third kappa shape index (κ3) is 3.35. The number of rotatable bonds is 4. The average Bonchev–Trinajstić information content (AvgIpc) is 3.19. The highest BCUT2D eigenvalue weighted by molar-refractivity contribution is 14.1. The fraction of sp³-hybridized carbons (Fsp3) is 0.389. The predicted octanol–water partition coefficient (Wildman–Crippen LogP) is 1.82. The Morgan fingerprint density at radius 3 is 2.77 bits per heavy atom. The molecule has 0 spiro atoms. The largest absolute Gasteiger partial charge is 0.345 e. The second kappa shape index (κ2) is 6.99. The van der Waals surface area contributed by atoms with Crippen LogP contribution in [0, 0.1) is 3.57 Å². The van der Waals surface area contributed by atoms with Gasteiger partial charge in [-0.15, -0.1) is 0 Å². The highest BCUT2D eigenvalue weighted by Gasteiger charge is 2.20. The Hall–Kier alpha value is -1.94. The molecule has 1 fully saturated rings. The Bertz CT molecular complexity index is 962. The molecule has 7 nitrogen and oxygen atoms in total. The minimum Gasteiger partial charge on any atom is -0.345 e. The van der Waals surface area contributed by atoms with E-state index in [1.165, 1.54) is 14.5 Å². The Morgan fingerprint density at radius 1 is 1.19 bits per heavy atom. The van der Waals surface area contributed by atoms with E-state index in [0.717, 1.165) is 37.6 Å². The zero-order chi connectivity index (χ0) is 18.3. The number of hydrogen-bond acceptors (Lipinski definition) is 4.